The maximum Gasteiger partial charge on any atom is 0.265 e. The Morgan fingerprint density at radius 1 is 1.35 bits per heavy atom. The minimum absolute atomic E-state index is 0.00748. The molecule has 0 fully saturated rings. The molecule has 0 aromatic carbocycles. The Kier molecular flexibility index (Phi) is 5.53. The monoisotopic (exact) mass is 462 g/mol. The van der Waals surface area contributed by atoms with E-state index >= 15 is 0 Å². The predicted octanol–water partition coefficient (Wildman–Crippen LogP) is 3.01. The van der Waals surface area contributed by atoms with Gasteiger partial charge in [-0.3, -0.25) is 0 Å². The zero-order valence-electron chi connectivity index (χ0n) is 13.3. The number of alkyl halides is 1. The van der Waals surface area contributed by atoms with Crippen LogP contribution in [0.3, 0.4) is 0 Å². The first kappa shape index (κ1) is 18.7. The highest BCUT2D eigenvalue weighted by Gasteiger charge is 2.22. The van der Waals surface area contributed by atoms with Crippen LogP contribution in [0.25, 0.3) is 10.2 Å². The van der Waals surface area contributed by atoms with Crippen LogP contribution in [0.2, 0.25) is 0 Å². The minimum atomic E-state index is -3.94. The third-order valence-electron chi connectivity index (χ3n) is 3.13. The van der Waals surface area contributed by atoms with Crippen LogP contribution >= 0.6 is 27.3 Å². The number of sulfonamides is 1. The smallest absolute Gasteiger partial charge is 0.265 e. The molecule has 3 heterocycles. The average molecular weight is 463 g/mol. The summed E-state index contributed by atoms with van der Waals surface area (Å²) >= 11 is 4.45. The summed E-state index contributed by atoms with van der Waals surface area (Å²) < 4.78 is 50.6. The van der Waals surface area contributed by atoms with E-state index < -0.39 is 16.7 Å². The molecule has 138 valence electrons. The van der Waals surface area contributed by atoms with E-state index in [1.807, 2.05) is 0 Å². The van der Waals surface area contributed by atoms with Crippen LogP contribution in [0, 0.1) is 0 Å². The topological polar surface area (TPSA) is 103 Å². The molecule has 0 amide bonds. The van der Waals surface area contributed by atoms with E-state index in [0.29, 0.717) is 14.8 Å². The Bertz CT molecular complexity index is 1040. The second-order valence-corrected chi connectivity index (χ2v) is 8.12. The lowest BCUT2D eigenvalue weighted by atomic mass is 10.3. The van der Waals surface area contributed by atoms with Gasteiger partial charge in [0.1, 0.15) is 27.6 Å². The predicted molar refractivity (Wildman–Crippen MR) is 98.2 cm³/mol. The second-order valence-electron chi connectivity index (χ2n) is 4.80. The van der Waals surface area contributed by atoms with Crippen molar-refractivity contribution in [2.75, 3.05) is 25.1 Å². The van der Waals surface area contributed by atoms with Gasteiger partial charge in [-0.1, -0.05) is 0 Å². The molecule has 26 heavy (non-hydrogen) atoms. The number of halogens is 2. The quantitative estimate of drug-likeness (QED) is 0.538. The molecule has 3 aromatic rings. The van der Waals surface area contributed by atoms with Gasteiger partial charge in [0.25, 0.3) is 15.9 Å². The molecule has 0 radical (unpaired) electrons. The number of aromatic nitrogens is 3. The van der Waals surface area contributed by atoms with Gasteiger partial charge in [-0.2, -0.15) is 4.98 Å². The first-order valence-electron chi connectivity index (χ1n) is 7.11. The van der Waals surface area contributed by atoms with Crippen LogP contribution in [-0.2, 0) is 10.0 Å². The van der Waals surface area contributed by atoms with Gasteiger partial charge in [-0.25, -0.2) is 27.5 Å². The Labute approximate surface area is 160 Å². The average Bonchev–Trinajstić information content (AvgIpc) is 3.04. The van der Waals surface area contributed by atoms with E-state index in [4.69, 9.17) is 9.47 Å². The number of hydrogen-bond donors (Lipinski definition) is 1. The highest BCUT2D eigenvalue weighted by Crippen LogP contribution is 2.31. The normalized spacial score (nSPS) is 11.5. The number of pyridine rings is 1. The summed E-state index contributed by atoms with van der Waals surface area (Å²) in [5, 5.41) is 1.98. The van der Waals surface area contributed by atoms with Crippen LogP contribution in [0.1, 0.15) is 0 Å². The van der Waals surface area contributed by atoms with Gasteiger partial charge in [0.15, 0.2) is 5.75 Å². The lowest BCUT2D eigenvalue weighted by Gasteiger charge is -2.10. The molecule has 0 spiro atoms. The van der Waals surface area contributed by atoms with E-state index in [-0.39, 0.29) is 29.1 Å². The second kappa shape index (κ2) is 7.68. The molecule has 0 aliphatic heterocycles. The summed E-state index contributed by atoms with van der Waals surface area (Å²) in [6.45, 7) is -0.874. The number of ether oxygens (including phenoxy) is 2. The van der Waals surface area contributed by atoms with Crippen LogP contribution in [0.15, 0.2) is 33.2 Å². The lowest BCUT2D eigenvalue weighted by Crippen LogP contribution is -2.15. The van der Waals surface area contributed by atoms with Gasteiger partial charge in [-0.05, 0) is 28.1 Å². The fourth-order valence-corrected chi connectivity index (χ4v) is 4.90. The number of nitrogens with one attached hydrogen (secondary N) is 1. The molecule has 0 aliphatic carbocycles. The molecule has 3 aromatic heterocycles. The van der Waals surface area contributed by atoms with Gasteiger partial charge >= 0.3 is 0 Å². The summed E-state index contributed by atoms with van der Waals surface area (Å²) in [5.74, 6) is -0.0890. The van der Waals surface area contributed by atoms with Gasteiger partial charge in [-0.15, -0.1) is 11.3 Å². The Balaban J connectivity index is 1.91. The minimum Gasteiger partial charge on any atom is -0.484 e. The van der Waals surface area contributed by atoms with Gasteiger partial charge in [0.05, 0.1) is 13.3 Å². The maximum atomic E-state index is 12.7. The van der Waals surface area contributed by atoms with Crippen molar-refractivity contribution in [1.29, 1.82) is 0 Å². The SMILES string of the molecule is COc1nc(NS(=O)(=O)c2csc3nc(Br)ccc23)ncc1OCCF. The summed E-state index contributed by atoms with van der Waals surface area (Å²) in [6.07, 6.45) is 1.21. The summed E-state index contributed by atoms with van der Waals surface area (Å²) in [5.41, 5.74) is 0. The van der Waals surface area contributed by atoms with Crippen LogP contribution in [0.4, 0.5) is 10.3 Å². The molecular formula is C14H12BrFN4O4S2. The van der Waals surface area contributed by atoms with E-state index in [1.165, 1.54) is 30.0 Å². The first-order valence-corrected chi connectivity index (χ1v) is 10.3. The van der Waals surface area contributed by atoms with Crippen molar-refractivity contribution in [3.63, 3.8) is 0 Å². The van der Waals surface area contributed by atoms with E-state index in [9.17, 15) is 12.8 Å². The summed E-state index contributed by atoms with van der Waals surface area (Å²) in [4.78, 5) is 12.7. The highest BCUT2D eigenvalue weighted by atomic mass is 79.9. The van der Waals surface area contributed by atoms with Gasteiger partial charge in [0.2, 0.25) is 5.95 Å². The fourth-order valence-electron chi connectivity index (χ4n) is 2.05. The Hall–Kier alpha value is -2.05. The summed E-state index contributed by atoms with van der Waals surface area (Å²) in [7, 11) is -2.61. The standard InChI is InChI=1S/C14H12BrFN4O4S2/c1-23-12-9(24-5-4-16)6-17-14(19-12)20-26(21,22)10-7-25-13-8(10)2-3-11(15)18-13/h2-3,6-7H,4-5H2,1H3,(H,17,19,20). The lowest BCUT2D eigenvalue weighted by molar-refractivity contribution is 0.256. The van der Waals surface area contributed by atoms with Crippen molar-refractivity contribution in [3.8, 4) is 11.6 Å². The van der Waals surface area contributed by atoms with Gasteiger partial charge < -0.3 is 9.47 Å². The Morgan fingerprint density at radius 3 is 2.88 bits per heavy atom. The molecule has 12 heteroatoms. The molecule has 0 unspecified atom stereocenters. The molecule has 0 bridgehead atoms. The van der Waals surface area contributed by atoms with Crippen LogP contribution < -0.4 is 14.2 Å². The van der Waals surface area contributed by atoms with Crippen LogP contribution in [-0.4, -0.2) is 43.8 Å². The zero-order valence-corrected chi connectivity index (χ0v) is 16.5. The molecule has 0 atom stereocenters. The van der Waals surface area contributed by atoms with Crippen molar-refractivity contribution in [2.24, 2.45) is 0 Å². The third-order valence-corrected chi connectivity index (χ3v) is 5.98. The third kappa shape index (κ3) is 3.86. The molecule has 0 saturated heterocycles. The van der Waals surface area contributed by atoms with Crippen LogP contribution in [0.5, 0.6) is 11.6 Å². The maximum absolute atomic E-state index is 12.7. The number of anilines is 1. The van der Waals surface area contributed by atoms with Crippen molar-refractivity contribution in [3.05, 3.63) is 28.3 Å². The van der Waals surface area contributed by atoms with E-state index in [1.54, 1.807) is 12.1 Å². The van der Waals surface area contributed by atoms with Crippen molar-refractivity contribution in [2.45, 2.75) is 4.90 Å². The summed E-state index contributed by atoms with van der Waals surface area (Å²) in [6, 6.07) is 3.32. The number of hydrogen-bond acceptors (Lipinski definition) is 8. The number of rotatable bonds is 7. The van der Waals surface area contributed by atoms with Crippen molar-refractivity contribution >= 4 is 53.5 Å². The Morgan fingerprint density at radius 2 is 2.15 bits per heavy atom. The van der Waals surface area contributed by atoms with Crippen molar-refractivity contribution in [1.82, 2.24) is 15.0 Å². The fraction of sp³-hybridized carbons (Fsp3) is 0.214. The molecule has 0 aliphatic rings. The molecule has 8 nitrogen and oxygen atoms in total. The molecule has 1 N–H and O–H groups in total. The highest BCUT2D eigenvalue weighted by molar-refractivity contribution is 9.10. The van der Waals surface area contributed by atoms with E-state index in [2.05, 4.69) is 35.6 Å². The number of fused-ring (bicyclic) bond motifs is 1. The van der Waals surface area contributed by atoms with Crippen molar-refractivity contribution < 1.29 is 22.3 Å². The largest absolute Gasteiger partial charge is 0.484 e. The zero-order chi connectivity index (χ0) is 18.7. The molecule has 0 saturated carbocycles. The van der Waals surface area contributed by atoms with E-state index in [0.717, 1.165) is 0 Å². The van der Waals surface area contributed by atoms with Gasteiger partial charge in [0, 0.05) is 10.8 Å². The number of methoxy groups -OCH3 is 1. The molecule has 3 rings (SSSR count). The molecular weight excluding hydrogens is 451 g/mol. The number of nitrogens with zero attached hydrogens (tertiary/aromatic N) is 3. The first-order chi connectivity index (χ1) is 12.4. The number of thiophene rings is 1.